The Hall–Kier alpha value is -2.72. The van der Waals surface area contributed by atoms with Crippen LogP contribution < -0.4 is 0 Å². The molecule has 0 bridgehead atoms. The number of carbonyl (C=O) groups excluding carboxylic acids is 4. The number of aliphatic hydroxyl groups is 1. The summed E-state index contributed by atoms with van der Waals surface area (Å²) in [4.78, 5) is 73.0. The molecule has 0 aliphatic rings. The zero-order valence-electron chi connectivity index (χ0n) is 64.4. The van der Waals surface area contributed by atoms with Crippen LogP contribution in [-0.2, 0) is 65.4 Å². The Morgan fingerprint density at radius 2 is 0.490 bits per heavy atom. The molecule has 0 aromatic rings. The van der Waals surface area contributed by atoms with Gasteiger partial charge in [0.2, 0.25) is 0 Å². The maximum absolute atomic E-state index is 13.1. The SMILES string of the molecule is CCCCC/C=C\C/C=C\CCCCCCCC(=O)OC[C@H](COP(=O)(O)OC[C@H](O)COP(=O)(O)OC[C@@H](COC(=O)CCCCCCC/C=C\CCCCCCCC)OC(=O)CCCCCCCCCCCCCCCCCCC)OC(=O)CCCCCCCCCCCCCCC. The summed E-state index contributed by atoms with van der Waals surface area (Å²) in [5, 5.41) is 10.6. The second kappa shape index (κ2) is 74.5. The Balaban J connectivity index is 5.31. The molecule has 0 amide bonds. The van der Waals surface area contributed by atoms with Crippen molar-refractivity contribution in [3.05, 3.63) is 36.5 Å². The third-order valence-electron chi connectivity index (χ3n) is 18.1. The molecule has 3 N–H and O–H groups in total. The van der Waals surface area contributed by atoms with E-state index < -0.39 is 97.5 Å². The third-order valence-corrected chi connectivity index (χ3v) is 20.0. The Morgan fingerprint density at radius 3 is 0.770 bits per heavy atom. The van der Waals surface area contributed by atoms with Gasteiger partial charge < -0.3 is 33.8 Å². The van der Waals surface area contributed by atoms with Crippen molar-refractivity contribution in [2.75, 3.05) is 39.6 Å². The zero-order valence-corrected chi connectivity index (χ0v) is 66.2. The van der Waals surface area contributed by atoms with Gasteiger partial charge in [0.15, 0.2) is 12.2 Å². The van der Waals surface area contributed by atoms with Crippen LogP contribution >= 0.6 is 15.6 Å². The van der Waals surface area contributed by atoms with Crippen LogP contribution in [0.25, 0.3) is 0 Å². The second-order valence-corrected chi connectivity index (χ2v) is 31.0. The molecule has 0 saturated carbocycles. The standard InChI is InChI=1S/C81H152O17P2/c1-5-9-13-17-21-25-29-33-36-37-40-44-48-52-56-60-64-68-81(86)98-77(72-92-79(84)66-62-58-54-50-46-43-39-35-31-27-23-19-15-11-7-3)74-96-100(89,90)94-70-75(82)69-93-99(87,88)95-73-76(97-80(85)67-63-59-55-51-47-41-32-28-24-20-16-12-8-4)71-91-78(83)65-61-57-53-49-45-42-38-34-30-26-22-18-14-10-6-2/h22,26,34-35,38-39,75-77,82H,5-21,23-25,27-33,36-37,40-74H2,1-4H3,(H,87,88)(H,89,90)/b26-22-,38-34-,39-35-/t75-,76+,77+/m0/s1. The van der Waals surface area contributed by atoms with Gasteiger partial charge in [0.05, 0.1) is 26.4 Å². The van der Waals surface area contributed by atoms with E-state index in [1.165, 1.54) is 186 Å². The van der Waals surface area contributed by atoms with Crippen LogP contribution in [0.2, 0.25) is 0 Å². The highest BCUT2D eigenvalue weighted by atomic mass is 31.2. The summed E-state index contributed by atoms with van der Waals surface area (Å²) in [6, 6.07) is 0. The monoisotopic (exact) mass is 1460 g/mol. The first-order valence-corrected chi connectivity index (χ1v) is 44.2. The molecule has 2 unspecified atom stereocenters. The van der Waals surface area contributed by atoms with Crippen molar-refractivity contribution in [2.24, 2.45) is 0 Å². The summed E-state index contributed by atoms with van der Waals surface area (Å²) < 4.78 is 68.7. The summed E-state index contributed by atoms with van der Waals surface area (Å²) in [7, 11) is -9.94. The van der Waals surface area contributed by atoms with E-state index in [0.29, 0.717) is 25.7 Å². The van der Waals surface area contributed by atoms with Crippen molar-refractivity contribution >= 4 is 39.5 Å². The van der Waals surface area contributed by atoms with Gasteiger partial charge >= 0.3 is 39.5 Å². The van der Waals surface area contributed by atoms with Crippen molar-refractivity contribution in [1.82, 2.24) is 0 Å². The largest absolute Gasteiger partial charge is 0.472 e. The lowest BCUT2D eigenvalue weighted by Gasteiger charge is -2.21. The molecule has 0 rings (SSSR count). The fourth-order valence-corrected chi connectivity index (χ4v) is 13.4. The summed E-state index contributed by atoms with van der Waals surface area (Å²) in [5.74, 6) is -2.15. The number of carbonyl (C=O) groups is 4. The normalized spacial score (nSPS) is 14.0. The summed E-state index contributed by atoms with van der Waals surface area (Å²) in [6.07, 6.45) is 71.1. The van der Waals surface area contributed by atoms with E-state index in [0.717, 1.165) is 135 Å². The Kier molecular flexibility index (Phi) is 72.5. The molecule has 0 spiro atoms. The highest BCUT2D eigenvalue weighted by Crippen LogP contribution is 2.45. The van der Waals surface area contributed by atoms with Gasteiger partial charge in [-0.25, -0.2) is 9.13 Å². The first-order valence-electron chi connectivity index (χ1n) is 41.2. The molecule has 588 valence electrons. The second-order valence-electron chi connectivity index (χ2n) is 28.1. The molecule has 5 atom stereocenters. The van der Waals surface area contributed by atoms with E-state index in [1.807, 2.05) is 0 Å². The Labute approximate surface area is 611 Å². The average Bonchev–Trinajstić information content (AvgIpc) is 0.958. The fourth-order valence-electron chi connectivity index (χ4n) is 11.8. The van der Waals surface area contributed by atoms with Gasteiger partial charge in [-0.05, 0) is 83.5 Å². The molecule has 0 aromatic heterocycles. The van der Waals surface area contributed by atoms with Crippen LogP contribution in [0.5, 0.6) is 0 Å². The molecule has 0 aromatic carbocycles. The molecule has 17 nitrogen and oxygen atoms in total. The Morgan fingerprint density at radius 1 is 0.280 bits per heavy atom. The fraction of sp³-hybridized carbons (Fsp3) is 0.877. The van der Waals surface area contributed by atoms with Crippen LogP contribution in [0.3, 0.4) is 0 Å². The third kappa shape index (κ3) is 73.6. The van der Waals surface area contributed by atoms with Gasteiger partial charge in [0, 0.05) is 25.7 Å². The quantitative estimate of drug-likeness (QED) is 0.0169. The molecule has 0 heterocycles. The van der Waals surface area contributed by atoms with E-state index in [4.69, 9.17) is 37.0 Å². The van der Waals surface area contributed by atoms with Crippen molar-refractivity contribution in [2.45, 2.75) is 418 Å². The minimum atomic E-state index is -4.97. The molecule has 0 fully saturated rings. The first kappa shape index (κ1) is 97.3. The number of phosphoric acid groups is 2. The van der Waals surface area contributed by atoms with Crippen LogP contribution in [0.15, 0.2) is 36.5 Å². The van der Waals surface area contributed by atoms with Crippen molar-refractivity contribution in [1.29, 1.82) is 0 Å². The maximum Gasteiger partial charge on any atom is 0.472 e. The van der Waals surface area contributed by atoms with Crippen molar-refractivity contribution in [3.8, 4) is 0 Å². The molecule has 19 heteroatoms. The molecular formula is C81H152O17P2. The number of ether oxygens (including phenoxy) is 4. The highest BCUT2D eigenvalue weighted by molar-refractivity contribution is 7.47. The van der Waals surface area contributed by atoms with E-state index in [2.05, 4.69) is 64.2 Å². The number of hydrogen-bond acceptors (Lipinski definition) is 15. The topological polar surface area (TPSA) is 237 Å². The smallest absolute Gasteiger partial charge is 0.462 e. The van der Waals surface area contributed by atoms with Crippen LogP contribution in [0.1, 0.15) is 400 Å². The van der Waals surface area contributed by atoms with Gasteiger partial charge in [-0.1, -0.05) is 327 Å². The van der Waals surface area contributed by atoms with Gasteiger partial charge in [-0.2, -0.15) is 0 Å². The van der Waals surface area contributed by atoms with Gasteiger partial charge in [0.25, 0.3) is 0 Å². The van der Waals surface area contributed by atoms with Crippen molar-refractivity contribution in [3.63, 3.8) is 0 Å². The summed E-state index contributed by atoms with van der Waals surface area (Å²) >= 11 is 0. The molecule has 100 heavy (non-hydrogen) atoms. The van der Waals surface area contributed by atoms with E-state index in [9.17, 15) is 43.2 Å². The number of hydrogen-bond donors (Lipinski definition) is 3. The minimum absolute atomic E-state index is 0.100. The molecule has 0 aliphatic carbocycles. The zero-order chi connectivity index (χ0) is 73.2. The van der Waals surface area contributed by atoms with E-state index in [-0.39, 0.29) is 25.7 Å². The number of unbranched alkanes of at least 4 members (excludes halogenated alkanes) is 47. The summed E-state index contributed by atoms with van der Waals surface area (Å²) in [6.45, 7) is 4.93. The number of allylic oxidation sites excluding steroid dienone is 6. The van der Waals surface area contributed by atoms with E-state index in [1.54, 1.807) is 0 Å². The minimum Gasteiger partial charge on any atom is -0.462 e. The highest BCUT2D eigenvalue weighted by Gasteiger charge is 2.30. The average molecular weight is 1460 g/mol. The van der Waals surface area contributed by atoms with Crippen LogP contribution in [0, 0.1) is 0 Å². The van der Waals surface area contributed by atoms with E-state index >= 15 is 0 Å². The van der Waals surface area contributed by atoms with Gasteiger partial charge in [0.1, 0.15) is 19.3 Å². The number of esters is 4. The molecule has 0 saturated heterocycles. The van der Waals surface area contributed by atoms with Gasteiger partial charge in [-0.15, -0.1) is 0 Å². The summed E-state index contributed by atoms with van der Waals surface area (Å²) in [5.41, 5.74) is 0. The number of aliphatic hydroxyl groups excluding tert-OH is 1. The lowest BCUT2D eigenvalue weighted by Crippen LogP contribution is -2.30. The first-order chi connectivity index (χ1) is 48.7. The lowest BCUT2D eigenvalue weighted by atomic mass is 10.0. The Bertz CT molecular complexity index is 2040. The molecular weight excluding hydrogens is 1310 g/mol. The predicted molar refractivity (Wildman–Crippen MR) is 409 cm³/mol. The maximum atomic E-state index is 13.1. The van der Waals surface area contributed by atoms with Crippen molar-refractivity contribution < 1.29 is 80.2 Å². The number of phosphoric ester groups is 2. The van der Waals surface area contributed by atoms with Gasteiger partial charge in [-0.3, -0.25) is 37.3 Å². The van der Waals surface area contributed by atoms with Crippen LogP contribution in [-0.4, -0.2) is 96.7 Å². The van der Waals surface area contributed by atoms with Crippen LogP contribution in [0.4, 0.5) is 0 Å². The predicted octanol–water partition coefficient (Wildman–Crippen LogP) is 23.9. The lowest BCUT2D eigenvalue weighted by molar-refractivity contribution is -0.161. The molecule has 0 radical (unpaired) electrons. The molecule has 0 aliphatic heterocycles. The number of rotatable bonds is 79.